The number of aliphatic hydroxyl groups is 2. The number of esters is 1. The first-order chi connectivity index (χ1) is 33.0. The number of carbonyl (C=O) groups is 2. The number of carbonyl (C=O) groups excluding carboxylic acids is 2. The van der Waals surface area contributed by atoms with Crippen molar-refractivity contribution in [3.05, 3.63) is 36.5 Å². The molecule has 6 nitrogen and oxygen atoms in total. The van der Waals surface area contributed by atoms with Crippen LogP contribution in [0.3, 0.4) is 0 Å². The molecule has 2 unspecified atom stereocenters. The fourth-order valence-electron chi connectivity index (χ4n) is 9.02. The van der Waals surface area contributed by atoms with Crippen molar-refractivity contribution in [2.75, 3.05) is 13.2 Å². The molecule has 6 heteroatoms. The molecule has 0 aliphatic carbocycles. The number of ether oxygens (including phenoxy) is 1. The van der Waals surface area contributed by atoms with Gasteiger partial charge in [0.2, 0.25) is 5.91 Å². The minimum Gasteiger partial charge on any atom is -0.466 e. The molecule has 3 N–H and O–H groups in total. The van der Waals surface area contributed by atoms with Crippen LogP contribution in [0.15, 0.2) is 36.5 Å². The van der Waals surface area contributed by atoms with Crippen molar-refractivity contribution in [1.82, 2.24) is 5.32 Å². The normalized spacial score (nSPS) is 12.8. The van der Waals surface area contributed by atoms with Crippen LogP contribution in [0.5, 0.6) is 0 Å². The number of allylic oxidation sites excluding steroid dienone is 5. The van der Waals surface area contributed by atoms with E-state index >= 15 is 0 Å². The minimum absolute atomic E-state index is 0.0138. The lowest BCUT2D eigenvalue weighted by atomic mass is 10.0. The van der Waals surface area contributed by atoms with Gasteiger partial charge in [-0.2, -0.15) is 0 Å². The Labute approximate surface area is 417 Å². The van der Waals surface area contributed by atoms with Crippen LogP contribution >= 0.6 is 0 Å². The Balaban J connectivity index is 3.50. The highest BCUT2D eigenvalue weighted by atomic mass is 16.5. The molecule has 0 saturated heterocycles. The summed E-state index contributed by atoms with van der Waals surface area (Å²) in [5.41, 5.74) is 0. The third-order valence-corrected chi connectivity index (χ3v) is 13.6. The molecule has 0 aromatic heterocycles. The SMILES string of the molecule is CCCC/C=C\CCCCCCCC(=O)OCCCCCCCC/C=C\CCCCCCCCCC(=O)NC(CO)C(O)/C=C/CCCCCCCCCCCCCCCCCCCCCC. The van der Waals surface area contributed by atoms with Crippen molar-refractivity contribution >= 4 is 11.9 Å². The molecule has 0 aliphatic rings. The number of hydrogen-bond acceptors (Lipinski definition) is 5. The van der Waals surface area contributed by atoms with E-state index in [0.717, 1.165) is 57.8 Å². The van der Waals surface area contributed by atoms with E-state index in [2.05, 4.69) is 43.5 Å². The van der Waals surface area contributed by atoms with Gasteiger partial charge in [-0.15, -0.1) is 0 Å². The summed E-state index contributed by atoms with van der Waals surface area (Å²) in [6, 6.07) is -0.638. The lowest BCUT2D eigenvalue weighted by Gasteiger charge is -2.20. The summed E-state index contributed by atoms with van der Waals surface area (Å²) in [7, 11) is 0. The molecular formula is C61H115NO5. The first-order valence-electron chi connectivity index (χ1n) is 29.8. The number of amides is 1. The molecule has 0 heterocycles. The van der Waals surface area contributed by atoms with E-state index in [4.69, 9.17) is 4.74 Å². The topological polar surface area (TPSA) is 95.9 Å². The summed E-state index contributed by atoms with van der Waals surface area (Å²) in [5.74, 6) is -0.0919. The summed E-state index contributed by atoms with van der Waals surface area (Å²) >= 11 is 0. The van der Waals surface area contributed by atoms with E-state index in [1.165, 1.54) is 231 Å². The Morgan fingerprint density at radius 3 is 1.10 bits per heavy atom. The zero-order chi connectivity index (χ0) is 48.6. The monoisotopic (exact) mass is 942 g/mol. The summed E-state index contributed by atoms with van der Waals surface area (Å²) < 4.78 is 5.44. The Morgan fingerprint density at radius 2 is 0.716 bits per heavy atom. The first kappa shape index (κ1) is 65.1. The summed E-state index contributed by atoms with van der Waals surface area (Å²) in [6.07, 6.45) is 70.3. The second kappa shape index (κ2) is 56.7. The predicted molar refractivity (Wildman–Crippen MR) is 292 cm³/mol. The maximum atomic E-state index is 12.5. The molecular weight excluding hydrogens is 827 g/mol. The van der Waals surface area contributed by atoms with Gasteiger partial charge < -0.3 is 20.3 Å². The average Bonchev–Trinajstić information content (AvgIpc) is 3.33. The molecule has 67 heavy (non-hydrogen) atoms. The molecule has 0 spiro atoms. The molecule has 0 radical (unpaired) electrons. The van der Waals surface area contributed by atoms with E-state index in [1.54, 1.807) is 6.08 Å². The van der Waals surface area contributed by atoms with Crippen LogP contribution in [0.2, 0.25) is 0 Å². The van der Waals surface area contributed by atoms with Crippen molar-refractivity contribution in [2.45, 2.75) is 328 Å². The van der Waals surface area contributed by atoms with Gasteiger partial charge in [-0.3, -0.25) is 9.59 Å². The van der Waals surface area contributed by atoms with Crippen LogP contribution in [0.25, 0.3) is 0 Å². The molecule has 1 amide bonds. The Kier molecular flexibility index (Phi) is 55.0. The largest absolute Gasteiger partial charge is 0.466 e. The molecule has 0 saturated carbocycles. The summed E-state index contributed by atoms with van der Waals surface area (Å²) in [5, 5.41) is 23.2. The molecule has 0 aromatic carbocycles. The van der Waals surface area contributed by atoms with Crippen LogP contribution in [0.1, 0.15) is 316 Å². The van der Waals surface area contributed by atoms with Gasteiger partial charge in [0.15, 0.2) is 0 Å². The van der Waals surface area contributed by atoms with Gasteiger partial charge in [-0.25, -0.2) is 0 Å². The van der Waals surface area contributed by atoms with Gasteiger partial charge in [0.05, 0.1) is 25.4 Å². The van der Waals surface area contributed by atoms with Crippen LogP contribution in [-0.4, -0.2) is 47.4 Å². The lowest BCUT2D eigenvalue weighted by Crippen LogP contribution is -2.45. The molecule has 0 aliphatic heterocycles. The predicted octanol–water partition coefficient (Wildman–Crippen LogP) is 18.4. The van der Waals surface area contributed by atoms with Crippen LogP contribution < -0.4 is 5.32 Å². The van der Waals surface area contributed by atoms with Crippen molar-refractivity contribution in [3.8, 4) is 0 Å². The fourth-order valence-corrected chi connectivity index (χ4v) is 9.02. The second-order valence-corrected chi connectivity index (χ2v) is 20.3. The van der Waals surface area contributed by atoms with E-state index in [-0.39, 0.29) is 18.5 Å². The summed E-state index contributed by atoms with van der Waals surface area (Å²) in [4.78, 5) is 24.5. The Bertz CT molecular complexity index is 1090. The van der Waals surface area contributed by atoms with Crippen molar-refractivity contribution in [1.29, 1.82) is 0 Å². The molecule has 394 valence electrons. The number of unbranched alkanes of at least 4 members (excludes halogenated alkanes) is 40. The quantitative estimate of drug-likeness (QED) is 0.0321. The zero-order valence-corrected chi connectivity index (χ0v) is 44.9. The number of hydrogen-bond donors (Lipinski definition) is 3. The van der Waals surface area contributed by atoms with Gasteiger partial charge in [-0.05, 0) is 77.0 Å². The molecule has 0 rings (SSSR count). The standard InChI is InChI=1S/C61H115NO5/c1-3-5-7-9-11-13-15-16-17-18-19-20-21-22-24-27-30-34-37-41-45-49-53-59(64)58(57-63)62-60(65)54-50-46-42-38-35-31-28-25-23-26-29-32-36-40-44-48-52-56-67-61(66)55-51-47-43-39-33-14-12-10-8-6-4-2/h10,12,23,26,49,53,58-59,63-64H,3-9,11,13-22,24-25,27-48,50-52,54-57H2,1-2H3,(H,62,65)/b12-10-,26-23-,53-49+. The van der Waals surface area contributed by atoms with Gasteiger partial charge in [0, 0.05) is 12.8 Å². The average molecular weight is 943 g/mol. The number of aliphatic hydroxyl groups excluding tert-OH is 2. The lowest BCUT2D eigenvalue weighted by molar-refractivity contribution is -0.143. The maximum absolute atomic E-state index is 12.5. The molecule has 0 fully saturated rings. The zero-order valence-electron chi connectivity index (χ0n) is 44.9. The van der Waals surface area contributed by atoms with Crippen LogP contribution in [-0.2, 0) is 14.3 Å². The Morgan fingerprint density at radius 1 is 0.403 bits per heavy atom. The highest BCUT2D eigenvalue weighted by Gasteiger charge is 2.18. The van der Waals surface area contributed by atoms with Gasteiger partial charge in [0.25, 0.3) is 0 Å². The van der Waals surface area contributed by atoms with E-state index in [0.29, 0.717) is 19.4 Å². The molecule has 0 bridgehead atoms. The van der Waals surface area contributed by atoms with Gasteiger partial charge in [-0.1, -0.05) is 262 Å². The minimum atomic E-state index is -0.854. The van der Waals surface area contributed by atoms with Crippen LogP contribution in [0, 0.1) is 0 Å². The van der Waals surface area contributed by atoms with Gasteiger partial charge >= 0.3 is 5.97 Å². The fraction of sp³-hybridized carbons (Fsp3) is 0.869. The third-order valence-electron chi connectivity index (χ3n) is 13.6. The van der Waals surface area contributed by atoms with E-state index in [1.807, 2.05) is 6.08 Å². The maximum Gasteiger partial charge on any atom is 0.305 e. The van der Waals surface area contributed by atoms with Crippen molar-refractivity contribution in [3.63, 3.8) is 0 Å². The first-order valence-corrected chi connectivity index (χ1v) is 29.8. The molecule has 0 aromatic rings. The van der Waals surface area contributed by atoms with Crippen molar-refractivity contribution in [2.24, 2.45) is 0 Å². The highest BCUT2D eigenvalue weighted by Crippen LogP contribution is 2.17. The second-order valence-electron chi connectivity index (χ2n) is 20.3. The number of nitrogens with one attached hydrogen (secondary N) is 1. The smallest absolute Gasteiger partial charge is 0.305 e. The third kappa shape index (κ3) is 53.3. The van der Waals surface area contributed by atoms with Gasteiger partial charge in [0.1, 0.15) is 0 Å². The van der Waals surface area contributed by atoms with Crippen LogP contribution in [0.4, 0.5) is 0 Å². The van der Waals surface area contributed by atoms with E-state index in [9.17, 15) is 19.8 Å². The highest BCUT2D eigenvalue weighted by molar-refractivity contribution is 5.76. The summed E-state index contributed by atoms with van der Waals surface area (Å²) in [6.45, 7) is 4.86. The number of rotatable bonds is 55. The molecule has 2 atom stereocenters. The Hall–Kier alpha value is -1.92. The van der Waals surface area contributed by atoms with Crippen molar-refractivity contribution < 1.29 is 24.5 Å². The van der Waals surface area contributed by atoms with E-state index < -0.39 is 12.1 Å².